The molecule has 136 valence electrons. The first-order valence-corrected chi connectivity index (χ1v) is 9.51. The molecule has 4 rings (SSSR count). The predicted octanol–water partition coefficient (Wildman–Crippen LogP) is 5.34. The van der Waals surface area contributed by atoms with Crippen molar-refractivity contribution in [2.24, 2.45) is 0 Å². The lowest BCUT2D eigenvalue weighted by Crippen LogP contribution is -1.98. The summed E-state index contributed by atoms with van der Waals surface area (Å²) < 4.78 is 0. The molecule has 0 fully saturated rings. The maximum absolute atomic E-state index is 6.46. The molecule has 0 aliphatic heterocycles. The van der Waals surface area contributed by atoms with Gasteiger partial charge in [-0.15, -0.1) is 0 Å². The average molecular weight is 397 g/mol. The van der Waals surface area contributed by atoms with Gasteiger partial charge in [0.1, 0.15) is 16.0 Å². The Hall–Kier alpha value is -2.43. The van der Waals surface area contributed by atoms with Crippen molar-refractivity contribution in [3.63, 3.8) is 0 Å². The highest BCUT2D eigenvalue weighted by atomic mass is 35.5. The second-order valence-corrected chi connectivity index (χ2v) is 7.39. The van der Waals surface area contributed by atoms with Gasteiger partial charge in [0.25, 0.3) is 0 Å². The predicted molar refractivity (Wildman–Crippen MR) is 110 cm³/mol. The van der Waals surface area contributed by atoms with Crippen LogP contribution in [0, 0.1) is 6.92 Å². The van der Waals surface area contributed by atoms with Crippen LogP contribution in [0.25, 0.3) is 11.0 Å². The van der Waals surface area contributed by atoms with E-state index in [0.717, 1.165) is 52.7 Å². The van der Waals surface area contributed by atoms with Gasteiger partial charge in [0.05, 0.1) is 0 Å². The lowest BCUT2D eigenvalue weighted by molar-refractivity contribution is 0.902. The fourth-order valence-electron chi connectivity index (χ4n) is 3.11. The number of hydrogen-bond donors (Lipinski definition) is 1. The Morgan fingerprint density at radius 1 is 0.963 bits per heavy atom. The maximum atomic E-state index is 6.46. The minimum atomic E-state index is 0.506. The van der Waals surface area contributed by atoms with Gasteiger partial charge in [0.2, 0.25) is 0 Å². The van der Waals surface area contributed by atoms with Crippen molar-refractivity contribution in [1.29, 1.82) is 0 Å². The van der Waals surface area contributed by atoms with Crippen molar-refractivity contribution in [3.05, 3.63) is 87.2 Å². The van der Waals surface area contributed by atoms with Gasteiger partial charge in [-0.3, -0.25) is 0 Å². The zero-order valence-corrected chi connectivity index (χ0v) is 16.3. The molecule has 0 aliphatic carbocycles. The number of aromatic amines is 1. The van der Waals surface area contributed by atoms with Crippen LogP contribution >= 0.6 is 23.2 Å². The third kappa shape index (κ3) is 4.12. The number of aryl methyl sites for hydroxylation is 3. The van der Waals surface area contributed by atoms with Crippen molar-refractivity contribution >= 4 is 34.2 Å². The molecule has 0 aromatic carbocycles. The topological polar surface area (TPSA) is 54.5 Å². The van der Waals surface area contributed by atoms with E-state index in [4.69, 9.17) is 23.2 Å². The summed E-state index contributed by atoms with van der Waals surface area (Å²) in [6.45, 7) is 2.04. The molecular weight excluding hydrogens is 379 g/mol. The molecule has 4 aromatic heterocycles. The van der Waals surface area contributed by atoms with E-state index in [2.05, 4.69) is 32.1 Å². The van der Waals surface area contributed by atoms with E-state index in [9.17, 15) is 0 Å². The van der Waals surface area contributed by atoms with E-state index in [1.54, 1.807) is 12.3 Å². The third-order valence-electron chi connectivity index (χ3n) is 4.58. The molecular formula is C21H18Cl2N4. The summed E-state index contributed by atoms with van der Waals surface area (Å²) in [7, 11) is 0. The zero-order chi connectivity index (χ0) is 18.8. The van der Waals surface area contributed by atoms with Gasteiger partial charge in [-0.1, -0.05) is 35.3 Å². The number of rotatable bonds is 5. The van der Waals surface area contributed by atoms with Gasteiger partial charge in [0, 0.05) is 36.1 Å². The summed E-state index contributed by atoms with van der Waals surface area (Å²) in [5.74, 6) is 0. The first-order chi connectivity index (χ1) is 13.1. The largest absolute Gasteiger partial charge is 0.346 e. The Kier molecular flexibility index (Phi) is 5.10. The highest BCUT2D eigenvalue weighted by molar-refractivity contribution is 6.30. The Balaban J connectivity index is 1.49. The van der Waals surface area contributed by atoms with Crippen molar-refractivity contribution in [1.82, 2.24) is 19.9 Å². The van der Waals surface area contributed by atoms with E-state index in [1.165, 1.54) is 5.56 Å². The number of aromatic nitrogens is 4. The van der Waals surface area contributed by atoms with Crippen LogP contribution in [-0.4, -0.2) is 19.9 Å². The molecule has 0 unspecified atom stereocenters. The molecule has 4 aromatic rings. The summed E-state index contributed by atoms with van der Waals surface area (Å²) in [6, 6.07) is 10.0. The van der Waals surface area contributed by atoms with Crippen molar-refractivity contribution in [3.8, 4) is 0 Å². The smallest absolute Gasteiger partial charge is 0.137 e. The second kappa shape index (κ2) is 7.67. The number of H-pyrrole nitrogens is 1. The quantitative estimate of drug-likeness (QED) is 0.462. The number of fused-ring (bicyclic) bond motifs is 1. The van der Waals surface area contributed by atoms with Crippen molar-refractivity contribution in [2.45, 2.75) is 26.2 Å². The van der Waals surface area contributed by atoms with Gasteiger partial charge >= 0.3 is 0 Å². The van der Waals surface area contributed by atoms with Crippen LogP contribution < -0.4 is 0 Å². The number of nitrogens with zero attached hydrogens (tertiary/aromatic N) is 3. The fourth-order valence-corrected chi connectivity index (χ4v) is 3.46. The summed E-state index contributed by atoms with van der Waals surface area (Å²) >= 11 is 12.3. The molecule has 0 saturated heterocycles. The van der Waals surface area contributed by atoms with Gasteiger partial charge in [-0.25, -0.2) is 15.0 Å². The molecule has 4 nitrogen and oxygen atoms in total. The number of pyridine rings is 3. The molecule has 6 heteroatoms. The number of halogens is 2. The molecule has 0 aliphatic rings. The fraction of sp³-hybridized carbons (Fsp3) is 0.190. The van der Waals surface area contributed by atoms with Crippen molar-refractivity contribution in [2.75, 3.05) is 0 Å². The highest BCUT2D eigenvalue weighted by Crippen LogP contribution is 2.24. The number of hydrogen-bond acceptors (Lipinski definition) is 3. The second-order valence-electron chi connectivity index (χ2n) is 6.64. The Morgan fingerprint density at radius 2 is 1.85 bits per heavy atom. The molecule has 0 spiro atoms. The monoisotopic (exact) mass is 396 g/mol. The zero-order valence-electron chi connectivity index (χ0n) is 14.8. The van der Waals surface area contributed by atoms with E-state index in [-0.39, 0.29) is 0 Å². The molecule has 27 heavy (non-hydrogen) atoms. The summed E-state index contributed by atoms with van der Waals surface area (Å²) in [4.78, 5) is 16.3. The molecule has 0 amide bonds. The van der Waals surface area contributed by atoms with E-state index >= 15 is 0 Å². The van der Waals surface area contributed by atoms with Crippen LogP contribution in [0.5, 0.6) is 0 Å². The van der Waals surface area contributed by atoms with E-state index < -0.39 is 0 Å². The molecule has 0 atom stereocenters. The highest BCUT2D eigenvalue weighted by Gasteiger charge is 2.10. The van der Waals surface area contributed by atoms with Crippen LogP contribution in [0.4, 0.5) is 0 Å². The molecule has 0 bridgehead atoms. The standard InChI is InChI=1S/C21H18Cl2N4/c1-13-8-18-16(12-26-21(18)25-10-13)9-15-4-6-17(27-20(15)23)5-2-14-3-7-19(22)24-11-14/h3-4,6-8,10-12H,2,5,9H2,1H3,(H,25,26). The van der Waals surface area contributed by atoms with E-state index in [1.807, 2.05) is 31.5 Å². The Bertz CT molecular complexity index is 1090. The third-order valence-corrected chi connectivity index (χ3v) is 5.13. The number of nitrogens with one attached hydrogen (secondary N) is 1. The van der Waals surface area contributed by atoms with E-state index in [0.29, 0.717) is 10.3 Å². The van der Waals surface area contributed by atoms with Crippen LogP contribution in [0.1, 0.15) is 27.9 Å². The van der Waals surface area contributed by atoms with Gasteiger partial charge in [0.15, 0.2) is 0 Å². The first-order valence-electron chi connectivity index (χ1n) is 8.76. The SMILES string of the molecule is Cc1cnc2[nH]cc(Cc3ccc(CCc4ccc(Cl)nc4)nc3Cl)c2c1. The van der Waals surface area contributed by atoms with Crippen LogP contribution in [0.3, 0.4) is 0 Å². The summed E-state index contributed by atoms with van der Waals surface area (Å²) in [6.07, 6.45) is 8.03. The maximum Gasteiger partial charge on any atom is 0.137 e. The van der Waals surface area contributed by atoms with Crippen LogP contribution in [-0.2, 0) is 19.3 Å². The summed E-state index contributed by atoms with van der Waals surface area (Å²) in [5, 5.41) is 2.19. The van der Waals surface area contributed by atoms with Gasteiger partial charge in [-0.05, 0) is 60.2 Å². The lowest BCUT2D eigenvalue weighted by atomic mass is 10.0. The Labute approximate surface area is 167 Å². The van der Waals surface area contributed by atoms with Gasteiger partial charge in [-0.2, -0.15) is 0 Å². The first kappa shape index (κ1) is 18.0. The lowest BCUT2D eigenvalue weighted by Gasteiger charge is -2.07. The minimum Gasteiger partial charge on any atom is -0.346 e. The average Bonchev–Trinajstić information content (AvgIpc) is 3.05. The van der Waals surface area contributed by atoms with Crippen LogP contribution in [0.15, 0.2) is 48.9 Å². The van der Waals surface area contributed by atoms with Gasteiger partial charge < -0.3 is 4.98 Å². The molecule has 4 heterocycles. The minimum absolute atomic E-state index is 0.506. The normalized spacial score (nSPS) is 11.2. The van der Waals surface area contributed by atoms with Crippen LogP contribution in [0.2, 0.25) is 10.3 Å². The summed E-state index contributed by atoms with van der Waals surface area (Å²) in [5.41, 5.74) is 6.31. The van der Waals surface area contributed by atoms with Crippen molar-refractivity contribution < 1.29 is 0 Å². The molecule has 0 radical (unpaired) electrons. The molecule has 1 N–H and O–H groups in total. The molecule has 0 saturated carbocycles. The Morgan fingerprint density at radius 3 is 2.63 bits per heavy atom.